The first-order valence-corrected chi connectivity index (χ1v) is 11.0. The van der Waals surface area contributed by atoms with Gasteiger partial charge in [0.05, 0.1) is 11.3 Å². The van der Waals surface area contributed by atoms with E-state index in [4.69, 9.17) is 11.6 Å². The summed E-state index contributed by atoms with van der Waals surface area (Å²) in [5, 5.41) is 0.695. The SMILES string of the molecule is CN(C)Cc1ccc2c(c1)CC[C@H](N(C)C(=O)c1ccc(-c3ccc(Cl)cc3)nc1)C2. The highest BCUT2D eigenvalue weighted by Gasteiger charge is 2.26. The summed E-state index contributed by atoms with van der Waals surface area (Å²) in [4.78, 5) is 21.7. The number of benzene rings is 2. The van der Waals surface area contributed by atoms with Gasteiger partial charge in [0.1, 0.15) is 0 Å². The molecule has 1 heterocycles. The van der Waals surface area contributed by atoms with Crippen molar-refractivity contribution in [3.05, 3.63) is 88.1 Å². The van der Waals surface area contributed by atoms with Crippen LogP contribution in [-0.4, -0.2) is 47.9 Å². The highest BCUT2D eigenvalue weighted by molar-refractivity contribution is 6.30. The van der Waals surface area contributed by atoms with Crippen molar-refractivity contribution in [2.75, 3.05) is 21.1 Å². The smallest absolute Gasteiger partial charge is 0.255 e. The van der Waals surface area contributed by atoms with Gasteiger partial charge in [-0.1, -0.05) is 41.9 Å². The molecule has 0 bridgehead atoms. The van der Waals surface area contributed by atoms with E-state index in [0.717, 1.165) is 37.1 Å². The van der Waals surface area contributed by atoms with Crippen LogP contribution in [0.5, 0.6) is 0 Å². The molecule has 0 N–H and O–H groups in total. The first-order chi connectivity index (χ1) is 14.9. The lowest BCUT2D eigenvalue weighted by Crippen LogP contribution is -2.40. The fraction of sp³-hybridized carbons (Fsp3) is 0.308. The number of fused-ring (bicyclic) bond motifs is 1. The van der Waals surface area contributed by atoms with Crippen LogP contribution in [0.3, 0.4) is 0 Å². The zero-order chi connectivity index (χ0) is 22.0. The van der Waals surface area contributed by atoms with E-state index in [0.29, 0.717) is 10.6 Å². The van der Waals surface area contributed by atoms with Gasteiger partial charge in [0.2, 0.25) is 0 Å². The molecule has 4 nitrogen and oxygen atoms in total. The predicted molar refractivity (Wildman–Crippen MR) is 126 cm³/mol. The highest BCUT2D eigenvalue weighted by atomic mass is 35.5. The van der Waals surface area contributed by atoms with Crippen LogP contribution < -0.4 is 0 Å². The number of aromatic nitrogens is 1. The minimum atomic E-state index is 0.0211. The second kappa shape index (κ2) is 9.21. The number of aryl methyl sites for hydroxylation is 1. The predicted octanol–water partition coefficient (Wildman–Crippen LogP) is 5.09. The van der Waals surface area contributed by atoms with Crippen molar-refractivity contribution in [1.82, 2.24) is 14.8 Å². The average Bonchev–Trinajstić information content (AvgIpc) is 2.78. The minimum absolute atomic E-state index is 0.0211. The summed E-state index contributed by atoms with van der Waals surface area (Å²) in [6.07, 6.45) is 4.56. The molecule has 2 aromatic carbocycles. The molecule has 3 aromatic rings. The first kappa shape index (κ1) is 21.5. The summed E-state index contributed by atoms with van der Waals surface area (Å²) < 4.78 is 0. The molecular formula is C26H28ClN3O. The first-order valence-electron chi connectivity index (χ1n) is 10.7. The fourth-order valence-electron chi connectivity index (χ4n) is 4.26. The third kappa shape index (κ3) is 4.97. The van der Waals surface area contributed by atoms with Crippen molar-refractivity contribution in [2.24, 2.45) is 0 Å². The second-order valence-corrected chi connectivity index (χ2v) is 9.03. The van der Waals surface area contributed by atoms with E-state index in [1.807, 2.05) is 48.3 Å². The van der Waals surface area contributed by atoms with E-state index in [9.17, 15) is 4.79 Å². The maximum Gasteiger partial charge on any atom is 0.255 e. The Morgan fingerprint density at radius 3 is 2.48 bits per heavy atom. The Morgan fingerprint density at radius 2 is 1.81 bits per heavy atom. The number of carbonyl (C=O) groups is 1. The topological polar surface area (TPSA) is 36.4 Å². The Morgan fingerprint density at radius 1 is 1.03 bits per heavy atom. The standard InChI is InChI=1S/C26H28ClN3O/c1-29(2)17-18-4-5-21-15-24(12-8-20(21)14-18)30(3)26(31)22-9-13-25(28-16-22)19-6-10-23(27)11-7-19/h4-7,9-11,13-14,16,24H,8,12,15,17H2,1-3H3/t24-/m0/s1. The summed E-state index contributed by atoms with van der Waals surface area (Å²) in [6.45, 7) is 0.952. The van der Waals surface area contributed by atoms with Gasteiger partial charge in [0.25, 0.3) is 5.91 Å². The number of halogens is 1. The molecule has 0 radical (unpaired) electrons. The molecule has 1 amide bonds. The van der Waals surface area contributed by atoms with Gasteiger partial charge in [0.15, 0.2) is 0 Å². The summed E-state index contributed by atoms with van der Waals surface area (Å²) in [7, 11) is 6.09. The Balaban J connectivity index is 1.44. The van der Waals surface area contributed by atoms with Crippen LogP contribution in [0.2, 0.25) is 5.02 Å². The van der Waals surface area contributed by atoms with E-state index in [1.165, 1.54) is 16.7 Å². The largest absolute Gasteiger partial charge is 0.338 e. The normalized spacial score (nSPS) is 15.6. The lowest BCUT2D eigenvalue weighted by molar-refractivity contribution is 0.0718. The van der Waals surface area contributed by atoms with Gasteiger partial charge in [0, 0.05) is 36.4 Å². The molecule has 5 heteroatoms. The molecule has 0 fully saturated rings. The van der Waals surface area contributed by atoms with Crippen molar-refractivity contribution in [2.45, 2.75) is 31.8 Å². The number of rotatable bonds is 5. The molecule has 0 aliphatic heterocycles. The summed E-state index contributed by atoms with van der Waals surface area (Å²) in [6, 6.07) is 18.3. The summed E-state index contributed by atoms with van der Waals surface area (Å²) in [5.41, 5.74) is 6.55. The highest BCUT2D eigenvalue weighted by Crippen LogP contribution is 2.27. The van der Waals surface area contributed by atoms with E-state index in [-0.39, 0.29) is 11.9 Å². The number of pyridine rings is 1. The Bertz CT molecular complexity index is 1060. The number of hydrogen-bond acceptors (Lipinski definition) is 3. The maximum atomic E-state index is 13.1. The third-order valence-corrected chi connectivity index (χ3v) is 6.24. The number of nitrogens with zero attached hydrogens (tertiary/aromatic N) is 3. The molecule has 0 unspecified atom stereocenters. The van der Waals surface area contributed by atoms with Crippen LogP contribution in [0.15, 0.2) is 60.8 Å². The van der Waals surface area contributed by atoms with Crippen LogP contribution in [0.1, 0.15) is 33.5 Å². The second-order valence-electron chi connectivity index (χ2n) is 8.59. The number of carbonyl (C=O) groups excluding carboxylic acids is 1. The molecule has 0 saturated carbocycles. The lowest BCUT2D eigenvalue weighted by Gasteiger charge is -2.33. The van der Waals surface area contributed by atoms with Gasteiger partial charge < -0.3 is 9.80 Å². The molecule has 4 rings (SSSR count). The van der Waals surface area contributed by atoms with E-state index < -0.39 is 0 Å². The molecule has 1 aromatic heterocycles. The molecule has 0 spiro atoms. The minimum Gasteiger partial charge on any atom is -0.338 e. The molecule has 0 saturated heterocycles. The average molecular weight is 434 g/mol. The van der Waals surface area contributed by atoms with Crippen LogP contribution >= 0.6 is 11.6 Å². The zero-order valence-electron chi connectivity index (χ0n) is 18.3. The molecule has 31 heavy (non-hydrogen) atoms. The van der Waals surface area contributed by atoms with E-state index in [1.54, 1.807) is 6.20 Å². The van der Waals surface area contributed by atoms with Crippen LogP contribution in [0.25, 0.3) is 11.3 Å². The number of hydrogen-bond donors (Lipinski definition) is 0. The fourth-order valence-corrected chi connectivity index (χ4v) is 4.39. The molecule has 160 valence electrons. The van der Waals surface area contributed by atoms with Crippen LogP contribution in [0, 0.1) is 0 Å². The van der Waals surface area contributed by atoms with Crippen molar-refractivity contribution in [3.8, 4) is 11.3 Å². The monoisotopic (exact) mass is 433 g/mol. The third-order valence-electron chi connectivity index (χ3n) is 5.99. The van der Waals surface area contributed by atoms with Crippen LogP contribution in [0.4, 0.5) is 0 Å². The number of likely N-dealkylation sites (N-methyl/N-ethyl adjacent to an activating group) is 1. The van der Waals surface area contributed by atoms with Crippen molar-refractivity contribution in [1.29, 1.82) is 0 Å². The Hall–Kier alpha value is -2.69. The van der Waals surface area contributed by atoms with Crippen LogP contribution in [-0.2, 0) is 19.4 Å². The van der Waals surface area contributed by atoms with Crippen molar-refractivity contribution in [3.63, 3.8) is 0 Å². The van der Waals surface area contributed by atoms with Gasteiger partial charge in [-0.05, 0) is 74.3 Å². The van der Waals surface area contributed by atoms with Gasteiger partial charge in [-0.25, -0.2) is 0 Å². The lowest BCUT2D eigenvalue weighted by atomic mass is 9.86. The van der Waals surface area contributed by atoms with Gasteiger partial charge >= 0.3 is 0 Å². The molecule has 1 aliphatic carbocycles. The van der Waals surface area contributed by atoms with Gasteiger partial charge in [-0.3, -0.25) is 9.78 Å². The Kier molecular flexibility index (Phi) is 6.40. The van der Waals surface area contributed by atoms with Gasteiger partial charge in [-0.2, -0.15) is 0 Å². The summed E-state index contributed by atoms with van der Waals surface area (Å²) in [5.74, 6) is 0.0211. The van der Waals surface area contributed by atoms with Crippen molar-refractivity contribution >= 4 is 17.5 Å². The molecule has 1 aliphatic rings. The van der Waals surface area contributed by atoms with E-state index >= 15 is 0 Å². The van der Waals surface area contributed by atoms with E-state index in [2.05, 4.69) is 42.2 Å². The zero-order valence-corrected chi connectivity index (χ0v) is 19.1. The van der Waals surface area contributed by atoms with Crippen molar-refractivity contribution < 1.29 is 4.79 Å². The molecular weight excluding hydrogens is 406 g/mol. The maximum absolute atomic E-state index is 13.1. The molecule has 1 atom stereocenters. The quantitative estimate of drug-likeness (QED) is 0.562. The number of amides is 1. The summed E-state index contributed by atoms with van der Waals surface area (Å²) >= 11 is 5.96. The Labute approximate surface area is 189 Å². The van der Waals surface area contributed by atoms with Gasteiger partial charge in [-0.15, -0.1) is 0 Å².